The average molecular weight is 337 g/mol. The quantitative estimate of drug-likeness (QED) is 0.495. The maximum Gasteiger partial charge on any atom is 0.238 e. The standard InChI is InChI=1S/C17H31N5O2/c23-16(21-14-8-1-3-10-18-14)12-6-5-7-13(20-12)17(24)22-15-9-2-4-11-19-15/h12-15,18-20H,1-11H2,(H,21,23)(H,22,24). The van der Waals surface area contributed by atoms with Crippen molar-refractivity contribution in [2.75, 3.05) is 13.1 Å². The van der Waals surface area contributed by atoms with Gasteiger partial charge in [0, 0.05) is 0 Å². The predicted molar refractivity (Wildman–Crippen MR) is 92.1 cm³/mol. The molecule has 3 aliphatic rings. The Bertz CT molecular complexity index is 395. The van der Waals surface area contributed by atoms with Gasteiger partial charge in [0.15, 0.2) is 0 Å². The van der Waals surface area contributed by atoms with E-state index in [1.807, 2.05) is 0 Å². The largest absolute Gasteiger partial charge is 0.339 e. The van der Waals surface area contributed by atoms with E-state index in [0.29, 0.717) is 0 Å². The number of carbonyl (C=O) groups is 2. The van der Waals surface area contributed by atoms with Crippen molar-refractivity contribution in [3.8, 4) is 0 Å². The van der Waals surface area contributed by atoms with Crippen LogP contribution in [0, 0.1) is 0 Å². The minimum atomic E-state index is -0.266. The van der Waals surface area contributed by atoms with Crippen LogP contribution in [0.15, 0.2) is 0 Å². The van der Waals surface area contributed by atoms with E-state index in [1.165, 1.54) is 12.8 Å². The molecule has 24 heavy (non-hydrogen) atoms. The fraction of sp³-hybridized carbons (Fsp3) is 0.882. The molecule has 0 aromatic rings. The van der Waals surface area contributed by atoms with E-state index in [1.54, 1.807) is 0 Å². The van der Waals surface area contributed by atoms with E-state index in [2.05, 4.69) is 26.6 Å². The third-order valence-electron chi connectivity index (χ3n) is 5.27. The van der Waals surface area contributed by atoms with Gasteiger partial charge < -0.3 is 10.6 Å². The van der Waals surface area contributed by atoms with E-state index in [0.717, 1.165) is 58.0 Å². The fourth-order valence-electron chi connectivity index (χ4n) is 3.84. The number of amides is 2. The first kappa shape index (κ1) is 17.6. The molecular weight excluding hydrogens is 306 g/mol. The third kappa shape index (κ3) is 4.91. The summed E-state index contributed by atoms with van der Waals surface area (Å²) in [6.07, 6.45) is 9.25. The van der Waals surface area contributed by atoms with Gasteiger partial charge in [0.2, 0.25) is 11.8 Å². The summed E-state index contributed by atoms with van der Waals surface area (Å²) in [5.41, 5.74) is 0. The van der Waals surface area contributed by atoms with Crippen molar-refractivity contribution < 1.29 is 9.59 Å². The molecule has 0 saturated carbocycles. The molecular formula is C17H31N5O2. The monoisotopic (exact) mass is 337 g/mol. The van der Waals surface area contributed by atoms with Gasteiger partial charge in [0.25, 0.3) is 0 Å². The molecule has 3 heterocycles. The van der Waals surface area contributed by atoms with Crippen molar-refractivity contribution in [2.24, 2.45) is 0 Å². The summed E-state index contributed by atoms with van der Waals surface area (Å²) < 4.78 is 0. The highest BCUT2D eigenvalue weighted by Gasteiger charge is 2.32. The normalized spacial score (nSPS) is 34.3. The number of rotatable bonds is 4. The lowest BCUT2D eigenvalue weighted by molar-refractivity contribution is -0.128. The number of hydrogen-bond donors (Lipinski definition) is 5. The smallest absolute Gasteiger partial charge is 0.238 e. The van der Waals surface area contributed by atoms with Crippen molar-refractivity contribution >= 4 is 11.8 Å². The highest BCUT2D eigenvalue weighted by Crippen LogP contribution is 2.15. The van der Waals surface area contributed by atoms with Crippen molar-refractivity contribution in [3.05, 3.63) is 0 Å². The first-order chi connectivity index (χ1) is 11.7. The van der Waals surface area contributed by atoms with Crippen LogP contribution < -0.4 is 26.6 Å². The maximum absolute atomic E-state index is 12.5. The molecule has 0 spiro atoms. The second-order valence-corrected chi connectivity index (χ2v) is 7.22. The number of hydrogen-bond acceptors (Lipinski definition) is 5. The summed E-state index contributed by atoms with van der Waals surface area (Å²) in [6.45, 7) is 1.92. The van der Waals surface area contributed by atoms with Crippen LogP contribution in [0.3, 0.4) is 0 Å². The molecule has 0 aromatic carbocycles. The van der Waals surface area contributed by atoms with Gasteiger partial charge in [-0.1, -0.05) is 0 Å². The number of nitrogens with one attached hydrogen (secondary N) is 5. The average Bonchev–Trinajstić information content (AvgIpc) is 2.63. The van der Waals surface area contributed by atoms with Crippen molar-refractivity contribution in [3.63, 3.8) is 0 Å². The lowest BCUT2D eigenvalue weighted by Crippen LogP contribution is -2.60. The van der Waals surface area contributed by atoms with Crippen molar-refractivity contribution in [1.82, 2.24) is 26.6 Å². The minimum absolute atomic E-state index is 0.0164. The Morgan fingerprint density at radius 2 is 1.17 bits per heavy atom. The van der Waals surface area contributed by atoms with Gasteiger partial charge in [0.1, 0.15) is 0 Å². The molecule has 5 N–H and O–H groups in total. The van der Waals surface area contributed by atoms with E-state index >= 15 is 0 Å². The fourth-order valence-corrected chi connectivity index (χ4v) is 3.84. The van der Waals surface area contributed by atoms with Gasteiger partial charge >= 0.3 is 0 Å². The predicted octanol–water partition coefficient (Wildman–Crippen LogP) is -0.0713. The zero-order valence-corrected chi connectivity index (χ0v) is 14.4. The molecule has 0 radical (unpaired) electrons. The summed E-state index contributed by atoms with van der Waals surface area (Å²) in [4.78, 5) is 24.9. The van der Waals surface area contributed by atoms with Gasteiger partial charge in [-0.05, 0) is 70.9 Å². The lowest BCUT2D eigenvalue weighted by Gasteiger charge is -2.33. The summed E-state index contributed by atoms with van der Waals surface area (Å²) in [5.74, 6) is 0.0328. The molecule has 7 heteroatoms. The third-order valence-corrected chi connectivity index (χ3v) is 5.27. The number of carbonyl (C=O) groups excluding carboxylic acids is 2. The molecule has 3 aliphatic heterocycles. The Morgan fingerprint density at radius 1 is 0.667 bits per heavy atom. The molecule has 0 aliphatic carbocycles. The van der Waals surface area contributed by atoms with E-state index < -0.39 is 0 Å². The summed E-state index contributed by atoms with van der Waals surface area (Å²) >= 11 is 0. The van der Waals surface area contributed by atoms with E-state index in [-0.39, 0.29) is 36.2 Å². The van der Waals surface area contributed by atoms with Gasteiger partial charge in [-0.3, -0.25) is 25.5 Å². The van der Waals surface area contributed by atoms with E-state index in [4.69, 9.17) is 0 Å². The Balaban J connectivity index is 1.45. The Morgan fingerprint density at radius 3 is 1.58 bits per heavy atom. The molecule has 3 fully saturated rings. The minimum Gasteiger partial charge on any atom is -0.339 e. The zero-order valence-electron chi connectivity index (χ0n) is 14.4. The van der Waals surface area contributed by atoms with Gasteiger partial charge in [-0.15, -0.1) is 0 Å². The Kier molecular flexibility index (Phi) is 6.45. The van der Waals surface area contributed by atoms with Crippen LogP contribution in [0.25, 0.3) is 0 Å². The van der Waals surface area contributed by atoms with Crippen LogP contribution >= 0.6 is 0 Å². The Hall–Kier alpha value is -1.18. The Labute approximate surface area is 144 Å². The second-order valence-electron chi connectivity index (χ2n) is 7.22. The van der Waals surface area contributed by atoms with Gasteiger partial charge in [0.05, 0.1) is 24.4 Å². The maximum atomic E-state index is 12.5. The molecule has 0 bridgehead atoms. The second kappa shape index (κ2) is 8.78. The van der Waals surface area contributed by atoms with Crippen LogP contribution in [0.2, 0.25) is 0 Å². The topological polar surface area (TPSA) is 94.3 Å². The molecule has 136 valence electrons. The summed E-state index contributed by atoms with van der Waals surface area (Å²) in [7, 11) is 0. The van der Waals surface area contributed by atoms with Crippen LogP contribution in [-0.2, 0) is 9.59 Å². The van der Waals surface area contributed by atoms with Crippen LogP contribution in [0.5, 0.6) is 0 Å². The van der Waals surface area contributed by atoms with Crippen molar-refractivity contribution in [1.29, 1.82) is 0 Å². The van der Waals surface area contributed by atoms with Crippen LogP contribution in [-0.4, -0.2) is 49.3 Å². The molecule has 3 saturated heterocycles. The van der Waals surface area contributed by atoms with Gasteiger partial charge in [-0.2, -0.15) is 0 Å². The molecule has 2 amide bonds. The highest BCUT2D eigenvalue weighted by molar-refractivity contribution is 5.86. The summed E-state index contributed by atoms with van der Waals surface area (Å²) in [5, 5.41) is 16.1. The SMILES string of the molecule is O=C(NC1CCCCN1)C1CCCC(C(=O)NC2CCCCN2)N1. The van der Waals surface area contributed by atoms with Crippen LogP contribution in [0.4, 0.5) is 0 Å². The summed E-state index contributed by atoms with van der Waals surface area (Å²) in [6, 6.07) is -0.532. The molecule has 4 atom stereocenters. The first-order valence-corrected chi connectivity index (χ1v) is 9.56. The molecule has 7 nitrogen and oxygen atoms in total. The van der Waals surface area contributed by atoms with Crippen LogP contribution in [0.1, 0.15) is 57.8 Å². The van der Waals surface area contributed by atoms with Gasteiger partial charge in [-0.25, -0.2) is 0 Å². The first-order valence-electron chi connectivity index (χ1n) is 9.56. The van der Waals surface area contributed by atoms with E-state index in [9.17, 15) is 9.59 Å². The molecule has 4 unspecified atom stereocenters. The number of piperidine rings is 3. The zero-order chi connectivity index (χ0) is 16.8. The van der Waals surface area contributed by atoms with Crippen molar-refractivity contribution in [2.45, 2.75) is 82.2 Å². The molecule has 0 aromatic heterocycles. The highest BCUT2D eigenvalue weighted by atomic mass is 16.2. The molecule has 3 rings (SSSR count). The lowest BCUT2D eigenvalue weighted by atomic mass is 9.97.